The van der Waals surface area contributed by atoms with Crippen LogP contribution < -0.4 is 9.47 Å². The second kappa shape index (κ2) is 9.89. The molecule has 0 N–H and O–H groups in total. The minimum Gasteiger partial charge on any atom is -0.493 e. The summed E-state index contributed by atoms with van der Waals surface area (Å²) in [6.45, 7) is 4.01. The summed E-state index contributed by atoms with van der Waals surface area (Å²) in [5.74, 6) is 1.47. The second-order valence-electron chi connectivity index (χ2n) is 7.37. The predicted molar refractivity (Wildman–Crippen MR) is 120 cm³/mol. The largest absolute Gasteiger partial charge is 0.493 e. The maximum Gasteiger partial charge on any atom is 0.228 e. The molecule has 1 aliphatic rings. The summed E-state index contributed by atoms with van der Waals surface area (Å²) >= 11 is 1.53. The van der Waals surface area contributed by atoms with Crippen molar-refractivity contribution >= 4 is 17.2 Å². The molecule has 8 heteroatoms. The van der Waals surface area contributed by atoms with Crippen LogP contribution in [-0.2, 0) is 17.8 Å². The van der Waals surface area contributed by atoms with Crippen molar-refractivity contribution in [2.24, 2.45) is 0 Å². The number of carbonyl (C=O) groups is 1. The van der Waals surface area contributed by atoms with Gasteiger partial charge < -0.3 is 14.4 Å². The summed E-state index contributed by atoms with van der Waals surface area (Å²) in [5, 5.41) is 2.82. The first kappa shape index (κ1) is 21.3. The minimum absolute atomic E-state index is 0.127. The van der Waals surface area contributed by atoms with E-state index in [1.807, 2.05) is 52.9 Å². The third kappa shape index (κ3) is 5.21. The number of carbonyl (C=O) groups excluding carboxylic acids is 1. The molecule has 4 rings (SSSR count). The van der Waals surface area contributed by atoms with Gasteiger partial charge in [0.05, 0.1) is 32.0 Å². The van der Waals surface area contributed by atoms with Crippen LogP contribution in [0.4, 0.5) is 0 Å². The van der Waals surface area contributed by atoms with Crippen LogP contribution in [-0.4, -0.2) is 66.1 Å². The van der Waals surface area contributed by atoms with E-state index in [-0.39, 0.29) is 5.91 Å². The average molecular weight is 439 g/mol. The van der Waals surface area contributed by atoms with Crippen LogP contribution in [0.1, 0.15) is 11.4 Å². The molecule has 1 saturated heterocycles. The number of hydrogen-bond acceptors (Lipinski definition) is 7. The van der Waals surface area contributed by atoms with Gasteiger partial charge in [-0.25, -0.2) is 4.98 Å². The van der Waals surface area contributed by atoms with Crippen molar-refractivity contribution in [1.82, 2.24) is 19.8 Å². The summed E-state index contributed by atoms with van der Waals surface area (Å²) in [4.78, 5) is 26.1. The van der Waals surface area contributed by atoms with Gasteiger partial charge in [-0.05, 0) is 30.3 Å². The van der Waals surface area contributed by atoms with E-state index in [4.69, 9.17) is 9.47 Å². The average Bonchev–Trinajstić information content (AvgIpc) is 3.28. The first-order valence-corrected chi connectivity index (χ1v) is 11.1. The number of piperazine rings is 1. The van der Waals surface area contributed by atoms with E-state index in [0.29, 0.717) is 17.9 Å². The smallest absolute Gasteiger partial charge is 0.228 e. The number of nitrogens with zero attached hydrogens (tertiary/aromatic N) is 4. The molecule has 162 valence electrons. The zero-order valence-electron chi connectivity index (χ0n) is 17.8. The Labute approximate surface area is 186 Å². The number of aromatic nitrogens is 2. The molecule has 0 atom stereocenters. The van der Waals surface area contributed by atoms with Crippen molar-refractivity contribution in [3.8, 4) is 22.1 Å². The van der Waals surface area contributed by atoms with E-state index < -0.39 is 0 Å². The number of rotatable bonds is 7. The first-order chi connectivity index (χ1) is 15.2. The predicted octanol–water partition coefficient (Wildman–Crippen LogP) is 3.11. The highest BCUT2D eigenvalue weighted by atomic mass is 32.1. The van der Waals surface area contributed by atoms with Crippen LogP contribution in [0.5, 0.6) is 11.5 Å². The van der Waals surface area contributed by atoms with E-state index in [1.54, 1.807) is 14.2 Å². The van der Waals surface area contributed by atoms with Gasteiger partial charge in [0.15, 0.2) is 11.5 Å². The summed E-state index contributed by atoms with van der Waals surface area (Å²) in [6.07, 6.45) is 2.14. The van der Waals surface area contributed by atoms with Crippen LogP contribution in [0.25, 0.3) is 10.6 Å². The summed E-state index contributed by atoms with van der Waals surface area (Å²) in [7, 11) is 3.23. The highest BCUT2D eigenvalue weighted by Gasteiger charge is 2.22. The number of benzene rings is 1. The lowest BCUT2D eigenvalue weighted by Gasteiger charge is -2.34. The normalized spacial score (nSPS) is 14.5. The highest BCUT2D eigenvalue weighted by molar-refractivity contribution is 7.13. The molecule has 0 spiro atoms. The standard InChI is InChI=1S/C23H26N4O3S/c1-29-20-7-6-17(13-21(20)30-2)23-25-19(16-31-23)14-22(28)27-11-9-26(10-12-27)15-18-5-3-4-8-24-18/h3-8,13,16H,9-12,14-15H2,1-2H3. The molecule has 0 unspecified atom stereocenters. The Bertz CT molecular complexity index is 1020. The Morgan fingerprint density at radius 1 is 1.03 bits per heavy atom. The molecule has 2 aromatic heterocycles. The maximum atomic E-state index is 12.8. The lowest BCUT2D eigenvalue weighted by molar-refractivity contribution is -0.132. The van der Waals surface area contributed by atoms with Crippen LogP contribution in [0.2, 0.25) is 0 Å². The Kier molecular flexibility index (Phi) is 6.79. The quantitative estimate of drug-likeness (QED) is 0.565. The second-order valence-corrected chi connectivity index (χ2v) is 8.23. The summed E-state index contributed by atoms with van der Waals surface area (Å²) < 4.78 is 10.7. The Morgan fingerprint density at radius 2 is 1.84 bits per heavy atom. The Hall–Kier alpha value is -2.97. The summed E-state index contributed by atoms with van der Waals surface area (Å²) in [5.41, 5.74) is 2.81. The topological polar surface area (TPSA) is 67.8 Å². The van der Waals surface area contributed by atoms with Crippen LogP contribution >= 0.6 is 11.3 Å². The number of ether oxygens (including phenoxy) is 2. The van der Waals surface area contributed by atoms with E-state index in [0.717, 1.165) is 54.7 Å². The fourth-order valence-electron chi connectivity index (χ4n) is 3.63. The van der Waals surface area contributed by atoms with E-state index >= 15 is 0 Å². The molecule has 0 bridgehead atoms. The summed E-state index contributed by atoms with van der Waals surface area (Å²) in [6, 6.07) is 11.7. The van der Waals surface area contributed by atoms with Crippen LogP contribution in [0, 0.1) is 0 Å². The van der Waals surface area contributed by atoms with Crippen molar-refractivity contribution in [3.05, 3.63) is 59.4 Å². The SMILES string of the molecule is COc1ccc(-c2nc(CC(=O)N3CCN(Cc4ccccn4)CC3)cs2)cc1OC. The molecule has 3 aromatic rings. The molecule has 31 heavy (non-hydrogen) atoms. The zero-order chi connectivity index (χ0) is 21.6. The highest BCUT2D eigenvalue weighted by Crippen LogP contribution is 2.33. The Morgan fingerprint density at radius 3 is 2.55 bits per heavy atom. The lowest BCUT2D eigenvalue weighted by Crippen LogP contribution is -2.48. The molecular formula is C23H26N4O3S. The Balaban J connectivity index is 1.32. The molecular weight excluding hydrogens is 412 g/mol. The van der Waals surface area contributed by atoms with Gasteiger partial charge >= 0.3 is 0 Å². The van der Waals surface area contributed by atoms with E-state index in [9.17, 15) is 4.79 Å². The van der Waals surface area contributed by atoms with Crippen molar-refractivity contribution < 1.29 is 14.3 Å². The zero-order valence-corrected chi connectivity index (χ0v) is 18.6. The monoisotopic (exact) mass is 438 g/mol. The van der Waals surface area contributed by atoms with Gasteiger partial charge in [-0.2, -0.15) is 0 Å². The fourth-order valence-corrected chi connectivity index (χ4v) is 4.45. The molecule has 0 radical (unpaired) electrons. The first-order valence-electron chi connectivity index (χ1n) is 10.2. The van der Waals surface area contributed by atoms with Gasteiger partial charge in [0.1, 0.15) is 5.01 Å². The van der Waals surface area contributed by atoms with Crippen molar-refractivity contribution in [1.29, 1.82) is 0 Å². The van der Waals surface area contributed by atoms with Gasteiger partial charge in [-0.3, -0.25) is 14.7 Å². The number of pyridine rings is 1. The number of methoxy groups -OCH3 is 2. The lowest BCUT2D eigenvalue weighted by atomic mass is 10.2. The van der Waals surface area contributed by atoms with E-state index in [1.165, 1.54) is 11.3 Å². The maximum absolute atomic E-state index is 12.8. The van der Waals surface area contributed by atoms with Crippen molar-refractivity contribution in [2.75, 3.05) is 40.4 Å². The van der Waals surface area contributed by atoms with Gasteiger partial charge in [0.2, 0.25) is 5.91 Å². The minimum atomic E-state index is 0.127. The van der Waals surface area contributed by atoms with Crippen molar-refractivity contribution in [3.63, 3.8) is 0 Å². The molecule has 0 saturated carbocycles. The van der Waals surface area contributed by atoms with Gasteiger partial charge in [0.25, 0.3) is 0 Å². The van der Waals surface area contributed by atoms with Crippen LogP contribution in [0.15, 0.2) is 48.0 Å². The van der Waals surface area contributed by atoms with Gasteiger partial charge in [0, 0.05) is 49.9 Å². The van der Waals surface area contributed by atoms with Gasteiger partial charge in [-0.15, -0.1) is 11.3 Å². The molecule has 3 heterocycles. The van der Waals surface area contributed by atoms with E-state index in [2.05, 4.69) is 14.9 Å². The molecule has 1 amide bonds. The third-order valence-electron chi connectivity index (χ3n) is 5.35. The molecule has 0 aliphatic carbocycles. The number of thiazole rings is 1. The van der Waals surface area contributed by atoms with Crippen molar-refractivity contribution in [2.45, 2.75) is 13.0 Å². The molecule has 1 aliphatic heterocycles. The fraction of sp³-hybridized carbons (Fsp3) is 0.348. The third-order valence-corrected chi connectivity index (χ3v) is 6.29. The molecule has 7 nitrogen and oxygen atoms in total. The molecule has 1 fully saturated rings. The number of hydrogen-bond donors (Lipinski definition) is 0. The number of amides is 1. The van der Waals surface area contributed by atoms with Crippen LogP contribution in [0.3, 0.4) is 0 Å². The van der Waals surface area contributed by atoms with Gasteiger partial charge in [-0.1, -0.05) is 6.07 Å². The molecule has 1 aromatic carbocycles.